The lowest BCUT2D eigenvalue weighted by atomic mass is 9.95. The molecule has 2 N–H and O–H groups in total. The number of ether oxygens (including phenoxy) is 1. The van der Waals surface area contributed by atoms with Crippen LogP contribution in [0.25, 0.3) is 0 Å². The molecule has 0 radical (unpaired) electrons. The van der Waals surface area contributed by atoms with Gasteiger partial charge in [-0.15, -0.1) is 0 Å². The Balaban J connectivity index is 2.23. The molecule has 2 rings (SSSR count). The monoisotopic (exact) mass is 354 g/mol. The predicted octanol–water partition coefficient (Wildman–Crippen LogP) is 1.89. The summed E-state index contributed by atoms with van der Waals surface area (Å²) < 4.78 is 28.9. The third-order valence-corrected chi connectivity index (χ3v) is 6.34. The van der Waals surface area contributed by atoms with Crippen LogP contribution in [0.15, 0.2) is 18.2 Å². The number of hydrogen-bond acceptors (Lipinski definition) is 5. The highest BCUT2D eigenvalue weighted by molar-refractivity contribution is 7.92. The molecule has 6 nitrogen and oxygen atoms in total. The third kappa shape index (κ3) is 3.89. The van der Waals surface area contributed by atoms with Crippen LogP contribution in [0.5, 0.6) is 5.75 Å². The lowest BCUT2D eigenvalue weighted by Gasteiger charge is -2.34. The fourth-order valence-electron chi connectivity index (χ4n) is 2.96. The topological polar surface area (TPSA) is 84.5 Å². The Morgan fingerprint density at radius 2 is 1.92 bits per heavy atom. The van der Waals surface area contributed by atoms with Crippen LogP contribution in [0.1, 0.15) is 32.3 Å². The highest BCUT2D eigenvalue weighted by Crippen LogP contribution is 2.30. The van der Waals surface area contributed by atoms with Crippen molar-refractivity contribution in [1.29, 1.82) is 0 Å². The first-order chi connectivity index (χ1) is 11.2. The van der Waals surface area contributed by atoms with Gasteiger partial charge in [0.15, 0.2) is 14.6 Å². The number of hydrogen-bond donors (Lipinski definition) is 2. The minimum Gasteiger partial charge on any atom is -0.491 e. The zero-order valence-electron chi connectivity index (χ0n) is 14.7. The minimum atomic E-state index is -3.52. The summed E-state index contributed by atoms with van der Waals surface area (Å²) in [5, 5.41) is 5.88. The number of piperidine rings is 1. The number of benzene rings is 1. The summed E-state index contributed by atoms with van der Waals surface area (Å²) in [5.74, 6) is 0.297. The zero-order chi connectivity index (χ0) is 18.0. The Kier molecular flexibility index (Phi) is 5.55. The van der Waals surface area contributed by atoms with Gasteiger partial charge in [-0.05, 0) is 70.5 Å². The van der Waals surface area contributed by atoms with Crippen LogP contribution in [-0.2, 0) is 14.6 Å². The first kappa shape index (κ1) is 18.7. The molecule has 0 saturated carbocycles. The van der Waals surface area contributed by atoms with Crippen LogP contribution in [-0.4, -0.2) is 44.5 Å². The molecule has 0 spiro atoms. The van der Waals surface area contributed by atoms with E-state index < -0.39 is 20.5 Å². The number of rotatable bonds is 5. The fraction of sp³-hybridized carbons (Fsp3) is 0.588. The van der Waals surface area contributed by atoms with Gasteiger partial charge in [-0.25, -0.2) is 8.42 Å². The molecule has 24 heavy (non-hydrogen) atoms. The normalized spacial score (nSPS) is 17.5. The average Bonchev–Trinajstić information content (AvgIpc) is 2.49. The van der Waals surface area contributed by atoms with E-state index in [2.05, 4.69) is 10.6 Å². The van der Waals surface area contributed by atoms with E-state index in [1.165, 1.54) is 0 Å². The Morgan fingerprint density at radius 1 is 1.29 bits per heavy atom. The van der Waals surface area contributed by atoms with Crippen molar-refractivity contribution in [2.75, 3.05) is 24.7 Å². The Morgan fingerprint density at radius 3 is 2.42 bits per heavy atom. The molecule has 1 saturated heterocycles. The number of sulfone groups is 1. The maximum absolute atomic E-state index is 12.8. The van der Waals surface area contributed by atoms with Gasteiger partial charge < -0.3 is 15.4 Å². The number of carbonyl (C=O) groups excluding carboxylic acids is 1. The Hall–Kier alpha value is -1.60. The summed E-state index contributed by atoms with van der Waals surface area (Å²) >= 11 is 0. The molecule has 0 aromatic heterocycles. The molecule has 7 heteroatoms. The smallest absolute Gasteiger partial charge is 0.245 e. The molecule has 1 heterocycles. The van der Waals surface area contributed by atoms with E-state index in [1.54, 1.807) is 18.2 Å². The highest BCUT2D eigenvalue weighted by Gasteiger charge is 2.48. The van der Waals surface area contributed by atoms with Gasteiger partial charge >= 0.3 is 0 Å². The van der Waals surface area contributed by atoms with Gasteiger partial charge in [0.05, 0.1) is 6.10 Å². The molecular formula is C17H26N2O4S. The van der Waals surface area contributed by atoms with E-state index in [4.69, 9.17) is 4.74 Å². The van der Waals surface area contributed by atoms with Gasteiger partial charge in [-0.2, -0.15) is 0 Å². The molecule has 134 valence electrons. The molecule has 1 aromatic rings. The van der Waals surface area contributed by atoms with Crippen LogP contribution in [0, 0.1) is 6.92 Å². The van der Waals surface area contributed by atoms with Crippen molar-refractivity contribution in [3.05, 3.63) is 23.8 Å². The fourth-order valence-corrected chi connectivity index (χ4v) is 4.29. The van der Waals surface area contributed by atoms with Gasteiger partial charge in [0, 0.05) is 11.9 Å². The molecule has 0 bridgehead atoms. The summed E-state index contributed by atoms with van der Waals surface area (Å²) in [7, 11) is -3.52. The predicted molar refractivity (Wildman–Crippen MR) is 95.3 cm³/mol. The maximum Gasteiger partial charge on any atom is 0.245 e. The molecule has 1 amide bonds. The molecule has 1 aromatic carbocycles. The second-order valence-electron chi connectivity index (χ2n) is 6.62. The van der Waals surface area contributed by atoms with Crippen molar-refractivity contribution < 1.29 is 17.9 Å². The van der Waals surface area contributed by atoms with Gasteiger partial charge in [0.1, 0.15) is 5.75 Å². The number of amides is 1. The van der Waals surface area contributed by atoms with E-state index in [-0.39, 0.29) is 18.9 Å². The Labute approximate surface area is 143 Å². The second kappa shape index (κ2) is 7.11. The van der Waals surface area contributed by atoms with Crippen LogP contribution < -0.4 is 15.4 Å². The molecule has 0 atom stereocenters. The molecule has 0 aliphatic carbocycles. The minimum absolute atomic E-state index is 0.0624. The maximum atomic E-state index is 12.8. The third-order valence-electron chi connectivity index (χ3n) is 4.33. The van der Waals surface area contributed by atoms with Gasteiger partial charge in [0.25, 0.3) is 0 Å². The SMILES string of the molecule is Cc1cc(NC(=O)C2(S(C)(=O)=O)CCNCC2)ccc1OC(C)C. The molecule has 1 aliphatic heterocycles. The van der Waals surface area contributed by atoms with E-state index in [0.29, 0.717) is 18.8 Å². The largest absolute Gasteiger partial charge is 0.491 e. The summed E-state index contributed by atoms with van der Waals surface area (Å²) in [6.45, 7) is 6.82. The number of nitrogens with one attached hydrogen (secondary N) is 2. The van der Waals surface area contributed by atoms with Crippen molar-refractivity contribution >= 4 is 21.4 Å². The second-order valence-corrected chi connectivity index (χ2v) is 8.94. The van der Waals surface area contributed by atoms with Crippen molar-refractivity contribution in [2.24, 2.45) is 0 Å². The lowest BCUT2D eigenvalue weighted by molar-refractivity contribution is -0.119. The quantitative estimate of drug-likeness (QED) is 0.843. The van der Waals surface area contributed by atoms with E-state index >= 15 is 0 Å². The van der Waals surface area contributed by atoms with Gasteiger partial charge in [-0.1, -0.05) is 0 Å². The summed E-state index contributed by atoms with van der Waals surface area (Å²) in [5.41, 5.74) is 1.47. The van der Waals surface area contributed by atoms with Gasteiger partial charge in [0.2, 0.25) is 5.91 Å². The zero-order valence-corrected chi connectivity index (χ0v) is 15.5. The Bertz CT molecular complexity index is 707. The van der Waals surface area contributed by atoms with E-state index in [9.17, 15) is 13.2 Å². The van der Waals surface area contributed by atoms with Crippen molar-refractivity contribution in [2.45, 2.75) is 44.5 Å². The highest BCUT2D eigenvalue weighted by atomic mass is 32.2. The molecular weight excluding hydrogens is 328 g/mol. The lowest BCUT2D eigenvalue weighted by Crippen LogP contribution is -2.55. The molecule has 0 unspecified atom stereocenters. The van der Waals surface area contributed by atoms with Crippen LogP contribution in [0.4, 0.5) is 5.69 Å². The van der Waals surface area contributed by atoms with Crippen LogP contribution in [0.3, 0.4) is 0 Å². The van der Waals surface area contributed by atoms with Crippen molar-refractivity contribution in [1.82, 2.24) is 5.32 Å². The summed E-state index contributed by atoms with van der Waals surface area (Å²) in [4.78, 5) is 12.8. The van der Waals surface area contributed by atoms with Crippen LogP contribution >= 0.6 is 0 Å². The van der Waals surface area contributed by atoms with E-state index in [0.717, 1.165) is 17.6 Å². The molecule has 1 aliphatic rings. The van der Waals surface area contributed by atoms with Crippen LogP contribution in [0.2, 0.25) is 0 Å². The van der Waals surface area contributed by atoms with Crippen molar-refractivity contribution in [3.63, 3.8) is 0 Å². The first-order valence-corrected chi connectivity index (χ1v) is 10.0. The number of aryl methyl sites for hydroxylation is 1. The average molecular weight is 354 g/mol. The standard InChI is InChI=1S/C17H26N2O4S/c1-12(2)23-15-6-5-14(11-13(15)3)19-16(20)17(24(4,21)22)7-9-18-10-8-17/h5-6,11-12,18H,7-10H2,1-4H3,(H,19,20). The first-order valence-electron chi connectivity index (χ1n) is 8.15. The number of anilines is 1. The van der Waals surface area contributed by atoms with E-state index in [1.807, 2.05) is 20.8 Å². The van der Waals surface area contributed by atoms with Gasteiger partial charge in [-0.3, -0.25) is 4.79 Å². The number of carbonyl (C=O) groups is 1. The van der Waals surface area contributed by atoms with Crippen molar-refractivity contribution in [3.8, 4) is 5.75 Å². The molecule has 1 fully saturated rings. The summed E-state index contributed by atoms with van der Waals surface area (Å²) in [6.07, 6.45) is 1.77. The summed E-state index contributed by atoms with van der Waals surface area (Å²) in [6, 6.07) is 5.33.